The number of hydrogen-bond donors (Lipinski definition) is 2. The highest BCUT2D eigenvalue weighted by Crippen LogP contribution is 2.32. The number of carboxylic acids is 1. The molecule has 0 aliphatic carbocycles. The van der Waals surface area contributed by atoms with Crippen LogP contribution in [-0.4, -0.2) is 39.0 Å². The van der Waals surface area contributed by atoms with Crippen LogP contribution >= 0.6 is 0 Å². The Labute approximate surface area is 218 Å². The molecule has 0 fully saturated rings. The van der Waals surface area contributed by atoms with Crippen molar-refractivity contribution in [2.24, 2.45) is 7.05 Å². The normalized spacial score (nSPS) is 13.8. The van der Waals surface area contributed by atoms with Crippen LogP contribution in [0.1, 0.15) is 73.2 Å². The Kier molecular flexibility index (Phi) is 7.82. The molecule has 8 nitrogen and oxygen atoms in total. The fourth-order valence-corrected chi connectivity index (χ4v) is 4.73. The van der Waals surface area contributed by atoms with Gasteiger partial charge in [-0.25, -0.2) is 9.67 Å². The predicted octanol–water partition coefficient (Wildman–Crippen LogP) is 4.76. The van der Waals surface area contributed by atoms with E-state index in [0.717, 1.165) is 47.7 Å². The summed E-state index contributed by atoms with van der Waals surface area (Å²) in [5.74, 6) is 0.298. The highest BCUT2D eigenvalue weighted by molar-refractivity contribution is 5.68. The van der Waals surface area contributed by atoms with Gasteiger partial charge in [-0.1, -0.05) is 39.0 Å². The van der Waals surface area contributed by atoms with Gasteiger partial charge in [0.25, 0.3) is 0 Å². The molecule has 0 amide bonds. The van der Waals surface area contributed by atoms with Gasteiger partial charge in [-0.15, -0.1) is 0 Å². The standard InChI is InChI=1S/C29H35N5O3/c1-29(2,3)22-9-7-20(18-30)25(16-22)21(15-27(35)36)14-24-17-26(34(4)33-24)37-13-11-23-10-8-19-6-5-12-31-28(19)32-23/h7-10,16-17,21H,5-6,11-15H2,1-4H3,(H,31,32)(H,35,36). The molecule has 3 aromatic rings. The second-order valence-electron chi connectivity index (χ2n) is 10.7. The number of nitrogens with zero attached hydrogens (tertiary/aromatic N) is 4. The number of carboxylic acid groups (broad SMARTS) is 1. The number of nitriles is 1. The first-order valence-electron chi connectivity index (χ1n) is 12.8. The maximum Gasteiger partial charge on any atom is 0.303 e. The first-order chi connectivity index (χ1) is 17.6. The Hall–Kier alpha value is -3.86. The van der Waals surface area contributed by atoms with Gasteiger partial charge in [0.2, 0.25) is 5.88 Å². The molecule has 194 valence electrons. The van der Waals surface area contributed by atoms with Crippen LogP contribution in [0.2, 0.25) is 0 Å². The average molecular weight is 502 g/mol. The van der Waals surface area contributed by atoms with Gasteiger partial charge in [0, 0.05) is 37.7 Å². The van der Waals surface area contributed by atoms with Crippen LogP contribution in [0.5, 0.6) is 5.88 Å². The largest absolute Gasteiger partial charge is 0.481 e. The van der Waals surface area contributed by atoms with E-state index in [4.69, 9.17) is 9.72 Å². The van der Waals surface area contributed by atoms with Gasteiger partial charge in [0.1, 0.15) is 5.82 Å². The number of carbonyl (C=O) groups is 1. The lowest BCUT2D eigenvalue weighted by Crippen LogP contribution is -2.15. The first kappa shape index (κ1) is 26.2. The fourth-order valence-electron chi connectivity index (χ4n) is 4.73. The van der Waals surface area contributed by atoms with Crippen molar-refractivity contribution in [1.29, 1.82) is 5.26 Å². The van der Waals surface area contributed by atoms with Crippen LogP contribution in [0.4, 0.5) is 5.82 Å². The Morgan fingerprint density at radius 3 is 2.78 bits per heavy atom. The number of hydrogen-bond acceptors (Lipinski definition) is 6. The molecule has 37 heavy (non-hydrogen) atoms. The minimum atomic E-state index is -0.908. The number of fused-ring (bicyclic) bond motifs is 1. The summed E-state index contributed by atoms with van der Waals surface area (Å²) < 4.78 is 7.69. The highest BCUT2D eigenvalue weighted by Gasteiger charge is 2.24. The van der Waals surface area contributed by atoms with Crippen molar-refractivity contribution < 1.29 is 14.6 Å². The molecule has 1 aliphatic rings. The van der Waals surface area contributed by atoms with Crippen molar-refractivity contribution in [1.82, 2.24) is 14.8 Å². The van der Waals surface area contributed by atoms with Crippen LogP contribution in [0.25, 0.3) is 0 Å². The summed E-state index contributed by atoms with van der Waals surface area (Å²) in [4.78, 5) is 16.5. The van der Waals surface area contributed by atoms with E-state index >= 15 is 0 Å². The van der Waals surface area contributed by atoms with Crippen LogP contribution in [0.15, 0.2) is 36.4 Å². The maximum absolute atomic E-state index is 11.7. The van der Waals surface area contributed by atoms with E-state index in [2.05, 4.69) is 49.4 Å². The summed E-state index contributed by atoms with van der Waals surface area (Å²) in [6.45, 7) is 7.71. The Bertz CT molecular complexity index is 1320. The van der Waals surface area contributed by atoms with Crippen molar-refractivity contribution in [2.75, 3.05) is 18.5 Å². The maximum atomic E-state index is 11.7. The summed E-state index contributed by atoms with van der Waals surface area (Å²) in [5, 5.41) is 27.3. The van der Waals surface area contributed by atoms with Crippen LogP contribution in [0.3, 0.4) is 0 Å². The van der Waals surface area contributed by atoms with E-state index in [9.17, 15) is 15.2 Å². The second-order valence-corrected chi connectivity index (χ2v) is 10.7. The third kappa shape index (κ3) is 6.48. The Morgan fingerprint density at radius 1 is 1.24 bits per heavy atom. The molecule has 1 atom stereocenters. The van der Waals surface area contributed by atoms with Crippen molar-refractivity contribution in [3.8, 4) is 11.9 Å². The molecule has 0 spiro atoms. The molecule has 2 aromatic heterocycles. The zero-order valence-corrected chi connectivity index (χ0v) is 22.0. The third-order valence-corrected chi connectivity index (χ3v) is 6.80. The van der Waals surface area contributed by atoms with Crippen LogP contribution in [-0.2, 0) is 36.5 Å². The topological polar surface area (TPSA) is 113 Å². The van der Waals surface area contributed by atoms with Gasteiger partial charge in [0.05, 0.1) is 30.4 Å². The lowest BCUT2D eigenvalue weighted by Gasteiger charge is -2.23. The lowest BCUT2D eigenvalue weighted by atomic mass is 9.81. The van der Waals surface area contributed by atoms with Gasteiger partial charge >= 0.3 is 5.97 Å². The Morgan fingerprint density at radius 2 is 2.05 bits per heavy atom. The molecule has 0 radical (unpaired) electrons. The van der Waals surface area contributed by atoms with E-state index in [0.29, 0.717) is 30.9 Å². The fraction of sp³-hybridized carbons (Fsp3) is 0.448. The second kappa shape index (κ2) is 11.0. The number of aliphatic carboxylic acids is 1. The predicted molar refractivity (Wildman–Crippen MR) is 142 cm³/mol. The van der Waals surface area contributed by atoms with Crippen LogP contribution in [0, 0.1) is 11.3 Å². The summed E-state index contributed by atoms with van der Waals surface area (Å²) in [5.41, 5.74) is 5.15. The molecule has 0 bridgehead atoms. The van der Waals surface area contributed by atoms with Crippen molar-refractivity contribution in [2.45, 2.75) is 64.2 Å². The van der Waals surface area contributed by atoms with E-state index in [1.165, 1.54) is 5.56 Å². The summed E-state index contributed by atoms with van der Waals surface area (Å²) in [6, 6.07) is 14.0. The van der Waals surface area contributed by atoms with Gasteiger partial charge in [-0.2, -0.15) is 10.4 Å². The molecule has 4 rings (SSSR count). The SMILES string of the molecule is Cn1nc(CC(CC(=O)O)c2cc(C(C)(C)C)ccc2C#N)cc1OCCc1ccc2c(n1)NCCC2. The van der Waals surface area contributed by atoms with Crippen molar-refractivity contribution in [3.63, 3.8) is 0 Å². The highest BCUT2D eigenvalue weighted by atomic mass is 16.5. The molecular formula is C29H35N5O3. The summed E-state index contributed by atoms with van der Waals surface area (Å²) >= 11 is 0. The number of pyridine rings is 1. The van der Waals surface area contributed by atoms with Crippen molar-refractivity contribution in [3.05, 3.63) is 70.0 Å². The zero-order valence-electron chi connectivity index (χ0n) is 22.0. The van der Waals surface area contributed by atoms with E-state index in [-0.39, 0.29) is 17.8 Å². The molecular weight excluding hydrogens is 466 g/mol. The number of aryl methyl sites for hydroxylation is 2. The molecule has 1 unspecified atom stereocenters. The average Bonchev–Trinajstić information content (AvgIpc) is 3.21. The summed E-state index contributed by atoms with van der Waals surface area (Å²) in [7, 11) is 1.81. The molecule has 0 saturated carbocycles. The Balaban J connectivity index is 1.48. The number of ether oxygens (including phenoxy) is 1. The minimum absolute atomic E-state index is 0.0902. The number of anilines is 1. The smallest absolute Gasteiger partial charge is 0.303 e. The van der Waals surface area contributed by atoms with E-state index < -0.39 is 5.97 Å². The first-order valence-corrected chi connectivity index (χ1v) is 12.8. The molecule has 0 saturated heterocycles. The van der Waals surface area contributed by atoms with E-state index in [1.54, 1.807) is 10.7 Å². The summed E-state index contributed by atoms with van der Waals surface area (Å²) in [6.07, 6.45) is 3.16. The molecule has 8 heteroatoms. The number of rotatable bonds is 9. The van der Waals surface area contributed by atoms with Crippen LogP contribution < -0.4 is 10.1 Å². The lowest BCUT2D eigenvalue weighted by molar-refractivity contribution is -0.137. The van der Waals surface area contributed by atoms with Gasteiger partial charge in [-0.05, 0) is 53.5 Å². The molecule has 3 heterocycles. The molecule has 1 aliphatic heterocycles. The monoisotopic (exact) mass is 501 g/mol. The number of nitrogens with one attached hydrogen (secondary N) is 1. The van der Waals surface area contributed by atoms with Crippen molar-refractivity contribution >= 4 is 11.8 Å². The molecule has 2 N–H and O–H groups in total. The van der Waals surface area contributed by atoms with Gasteiger partial charge in [-0.3, -0.25) is 4.79 Å². The van der Waals surface area contributed by atoms with E-state index in [1.807, 2.05) is 25.2 Å². The molecule has 1 aromatic carbocycles. The third-order valence-electron chi connectivity index (χ3n) is 6.80. The quantitative estimate of drug-likeness (QED) is 0.434. The minimum Gasteiger partial charge on any atom is -0.481 e. The zero-order chi connectivity index (χ0) is 26.6. The number of benzene rings is 1. The number of aromatic nitrogens is 3. The van der Waals surface area contributed by atoms with Gasteiger partial charge in [0.15, 0.2) is 0 Å². The van der Waals surface area contributed by atoms with Gasteiger partial charge < -0.3 is 15.2 Å².